The fourth-order valence-electron chi connectivity index (χ4n) is 3.70. The van der Waals surface area contributed by atoms with Crippen molar-refractivity contribution in [2.24, 2.45) is 16.0 Å². The molecule has 0 bridgehead atoms. The molecule has 1 N–H and O–H groups in total. The second-order valence-electron chi connectivity index (χ2n) is 7.97. The molecule has 0 spiro atoms. The second kappa shape index (κ2) is 7.87. The van der Waals surface area contributed by atoms with Crippen LogP contribution in [0.1, 0.15) is 25.0 Å². The third kappa shape index (κ3) is 3.56. The Labute approximate surface area is 188 Å². The molecule has 0 aliphatic carbocycles. The SMILES string of the molecule is CC(C)C1=NN2C(=N)C(=Cc3cn(Cc4ccc(F)cc4)c4ccccc34)C(=O)N=C2S1. The average Bonchev–Trinajstić information content (AvgIpc) is 3.35. The standard InChI is InChI=1S/C24H20FN5OS/c1-14(2)23-28-30-21(26)19(22(31)27-24(30)32-23)11-16-13-29(20-6-4-3-5-18(16)20)12-15-7-9-17(25)10-8-15/h3-11,13-14,26H,12H2,1-2H3. The molecule has 0 radical (unpaired) electrons. The Morgan fingerprint density at radius 1 is 1.16 bits per heavy atom. The van der Waals surface area contributed by atoms with Gasteiger partial charge in [-0.25, -0.2) is 4.39 Å². The lowest BCUT2D eigenvalue weighted by Gasteiger charge is -2.20. The number of thioether (sulfide) groups is 1. The number of carbonyl (C=O) groups excluding carboxylic acids is 1. The molecular formula is C24H20FN5OS. The summed E-state index contributed by atoms with van der Waals surface area (Å²) in [5.74, 6) is -0.495. The molecule has 32 heavy (non-hydrogen) atoms. The number of aromatic nitrogens is 1. The number of benzene rings is 2. The van der Waals surface area contributed by atoms with Gasteiger partial charge >= 0.3 is 0 Å². The van der Waals surface area contributed by atoms with Crippen LogP contribution in [0.25, 0.3) is 17.0 Å². The van der Waals surface area contributed by atoms with E-state index in [-0.39, 0.29) is 23.1 Å². The van der Waals surface area contributed by atoms with Gasteiger partial charge in [0, 0.05) is 35.1 Å². The van der Waals surface area contributed by atoms with Crippen molar-refractivity contribution >= 4 is 50.7 Å². The normalized spacial score (nSPS) is 17.4. The van der Waals surface area contributed by atoms with E-state index < -0.39 is 5.91 Å². The Bertz CT molecular complexity index is 1350. The lowest BCUT2D eigenvalue weighted by Crippen LogP contribution is -2.35. The summed E-state index contributed by atoms with van der Waals surface area (Å²) in [6, 6.07) is 14.3. The molecule has 160 valence electrons. The van der Waals surface area contributed by atoms with Crippen LogP contribution in [-0.2, 0) is 11.3 Å². The molecule has 0 unspecified atom stereocenters. The minimum absolute atomic E-state index is 0.0264. The largest absolute Gasteiger partial charge is 0.342 e. The van der Waals surface area contributed by atoms with E-state index >= 15 is 0 Å². The topological polar surface area (TPSA) is 73.8 Å². The highest BCUT2D eigenvalue weighted by Gasteiger charge is 2.36. The number of carbonyl (C=O) groups is 1. The molecule has 0 saturated carbocycles. The number of hydrogen-bond donors (Lipinski definition) is 1. The van der Waals surface area contributed by atoms with Crippen LogP contribution in [0.15, 0.2) is 70.4 Å². The molecule has 2 aliphatic heterocycles. The first-order valence-corrected chi connectivity index (χ1v) is 11.0. The number of amidine groups is 2. The summed E-state index contributed by atoms with van der Waals surface area (Å²) in [4.78, 5) is 16.9. The minimum atomic E-state index is -0.440. The van der Waals surface area contributed by atoms with Crippen LogP contribution in [0.5, 0.6) is 0 Å². The first kappa shape index (κ1) is 20.4. The average molecular weight is 446 g/mol. The van der Waals surface area contributed by atoms with Crippen LogP contribution >= 0.6 is 11.8 Å². The molecule has 6 nitrogen and oxygen atoms in total. The molecule has 0 atom stereocenters. The number of halogens is 1. The second-order valence-corrected chi connectivity index (χ2v) is 8.96. The highest BCUT2D eigenvalue weighted by Crippen LogP contribution is 2.32. The van der Waals surface area contributed by atoms with Crippen LogP contribution < -0.4 is 0 Å². The van der Waals surface area contributed by atoms with Gasteiger partial charge in [-0.05, 0) is 41.6 Å². The first-order valence-electron chi connectivity index (χ1n) is 10.2. The van der Waals surface area contributed by atoms with E-state index in [1.807, 2.05) is 44.3 Å². The summed E-state index contributed by atoms with van der Waals surface area (Å²) in [5, 5.41) is 16.7. The zero-order chi connectivity index (χ0) is 22.4. The molecule has 1 amide bonds. The van der Waals surface area contributed by atoms with Crippen LogP contribution in [0.4, 0.5) is 4.39 Å². The smallest absolute Gasteiger partial charge is 0.283 e. The molecule has 0 saturated heterocycles. The highest BCUT2D eigenvalue weighted by molar-refractivity contribution is 8.27. The van der Waals surface area contributed by atoms with E-state index in [1.165, 1.54) is 28.9 Å². The first-order chi connectivity index (χ1) is 15.4. The number of hydrazone groups is 1. The third-order valence-electron chi connectivity index (χ3n) is 5.35. The fraction of sp³-hybridized carbons (Fsp3) is 0.167. The molecule has 2 aliphatic rings. The van der Waals surface area contributed by atoms with Gasteiger partial charge in [0.25, 0.3) is 5.91 Å². The maximum absolute atomic E-state index is 13.3. The maximum atomic E-state index is 13.3. The lowest BCUT2D eigenvalue weighted by molar-refractivity contribution is -0.114. The van der Waals surface area contributed by atoms with Gasteiger partial charge in [0.1, 0.15) is 10.9 Å². The van der Waals surface area contributed by atoms with Crippen molar-refractivity contribution in [1.29, 1.82) is 5.41 Å². The van der Waals surface area contributed by atoms with Gasteiger partial charge in [-0.3, -0.25) is 10.2 Å². The summed E-state index contributed by atoms with van der Waals surface area (Å²) in [6.45, 7) is 4.59. The number of rotatable bonds is 4. The minimum Gasteiger partial charge on any atom is -0.342 e. The lowest BCUT2D eigenvalue weighted by atomic mass is 10.1. The Morgan fingerprint density at radius 2 is 1.91 bits per heavy atom. The van der Waals surface area contributed by atoms with Crippen LogP contribution in [0.2, 0.25) is 0 Å². The summed E-state index contributed by atoms with van der Waals surface area (Å²) in [7, 11) is 0. The fourth-order valence-corrected chi connectivity index (χ4v) is 4.60. The van der Waals surface area contributed by atoms with Crippen LogP contribution in [0, 0.1) is 17.1 Å². The number of nitrogens with one attached hydrogen (secondary N) is 1. The third-order valence-corrected chi connectivity index (χ3v) is 6.56. The van der Waals surface area contributed by atoms with E-state index in [0.717, 1.165) is 27.1 Å². The quantitative estimate of drug-likeness (QED) is 0.568. The predicted octanol–water partition coefficient (Wildman–Crippen LogP) is 5.10. The summed E-state index contributed by atoms with van der Waals surface area (Å²) >= 11 is 1.33. The van der Waals surface area contributed by atoms with Crippen LogP contribution in [-0.4, -0.2) is 31.5 Å². The molecular weight excluding hydrogens is 425 g/mol. The summed E-state index contributed by atoms with van der Waals surface area (Å²) < 4.78 is 15.3. The van der Waals surface area contributed by atoms with Crippen molar-refractivity contribution in [2.75, 3.05) is 0 Å². The Hall–Kier alpha value is -3.52. The van der Waals surface area contributed by atoms with E-state index in [1.54, 1.807) is 18.2 Å². The highest BCUT2D eigenvalue weighted by atomic mass is 32.2. The number of hydrogen-bond acceptors (Lipinski definition) is 4. The zero-order valence-corrected chi connectivity index (χ0v) is 18.4. The molecule has 8 heteroatoms. The van der Waals surface area contributed by atoms with Crippen molar-refractivity contribution in [2.45, 2.75) is 20.4 Å². The van der Waals surface area contributed by atoms with E-state index in [9.17, 15) is 9.18 Å². The van der Waals surface area contributed by atoms with Gasteiger partial charge in [-0.1, -0.05) is 44.2 Å². The van der Waals surface area contributed by atoms with Crippen molar-refractivity contribution in [3.63, 3.8) is 0 Å². The van der Waals surface area contributed by atoms with Gasteiger partial charge in [0.2, 0.25) is 5.17 Å². The summed E-state index contributed by atoms with van der Waals surface area (Å²) in [5.41, 5.74) is 2.97. The molecule has 2 aromatic carbocycles. The van der Waals surface area contributed by atoms with Gasteiger partial charge in [0.05, 0.1) is 5.57 Å². The number of amides is 1. The molecule has 1 aromatic heterocycles. The molecule has 0 fully saturated rings. The van der Waals surface area contributed by atoms with Crippen molar-refractivity contribution in [3.05, 3.63) is 77.2 Å². The van der Waals surface area contributed by atoms with E-state index in [0.29, 0.717) is 11.7 Å². The van der Waals surface area contributed by atoms with Gasteiger partial charge in [0.15, 0.2) is 5.84 Å². The molecule has 3 heterocycles. The Kier molecular flexibility index (Phi) is 5.01. The predicted molar refractivity (Wildman–Crippen MR) is 127 cm³/mol. The number of para-hydroxylation sites is 1. The molecule has 3 aromatic rings. The molecule has 5 rings (SSSR count). The number of aliphatic imine (C=N–C) groups is 1. The van der Waals surface area contributed by atoms with Crippen molar-refractivity contribution < 1.29 is 9.18 Å². The van der Waals surface area contributed by atoms with E-state index in [4.69, 9.17) is 5.41 Å². The van der Waals surface area contributed by atoms with Gasteiger partial charge < -0.3 is 4.57 Å². The monoisotopic (exact) mass is 445 g/mol. The van der Waals surface area contributed by atoms with Crippen LogP contribution in [0.3, 0.4) is 0 Å². The van der Waals surface area contributed by atoms with Crippen molar-refractivity contribution in [1.82, 2.24) is 9.58 Å². The maximum Gasteiger partial charge on any atom is 0.283 e. The number of nitrogens with zero attached hydrogens (tertiary/aromatic N) is 4. The Balaban J connectivity index is 1.55. The van der Waals surface area contributed by atoms with Gasteiger partial charge in [-0.15, -0.1) is 0 Å². The Morgan fingerprint density at radius 3 is 2.66 bits per heavy atom. The zero-order valence-electron chi connectivity index (χ0n) is 17.5. The summed E-state index contributed by atoms with van der Waals surface area (Å²) in [6.07, 6.45) is 3.66. The van der Waals surface area contributed by atoms with Crippen molar-refractivity contribution in [3.8, 4) is 0 Å². The van der Waals surface area contributed by atoms with E-state index in [2.05, 4.69) is 14.7 Å². The van der Waals surface area contributed by atoms with Gasteiger partial charge in [-0.2, -0.15) is 15.1 Å². The number of fused-ring (bicyclic) bond motifs is 2.